The van der Waals surface area contributed by atoms with Gasteiger partial charge in [-0.2, -0.15) is 0 Å². The van der Waals surface area contributed by atoms with Gasteiger partial charge in [0.05, 0.1) is 30.8 Å². The summed E-state index contributed by atoms with van der Waals surface area (Å²) in [4.78, 5) is 125. The van der Waals surface area contributed by atoms with Gasteiger partial charge in [-0.15, -0.1) is 0 Å². The van der Waals surface area contributed by atoms with Crippen molar-refractivity contribution in [2.75, 3.05) is 7.11 Å². The van der Waals surface area contributed by atoms with Crippen molar-refractivity contribution in [3.05, 3.63) is 251 Å². The van der Waals surface area contributed by atoms with E-state index in [2.05, 4.69) is 31.2 Å². The molecule has 91 heavy (non-hydrogen) atoms. The topological polar surface area (TPSA) is 180 Å². The number of esters is 1. The first kappa shape index (κ1) is 68.0. The van der Waals surface area contributed by atoms with Gasteiger partial charge in [0.2, 0.25) is 0 Å². The van der Waals surface area contributed by atoms with Crippen LogP contribution in [0.5, 0.6) is 0 Å². The minimum atomic E-state index is -0.932. The lowest BCUT2D eigenvalue weighted by Gasteiger charge is -2.35. The van der Waals surface area contributed by atoms with E-state index >= 15 is 0 Å². The molecule has 4 aliphatic carbocycles. The maximum Gasteiger partial charge on any atom is 0.316 e. The van der Waals surface area contributed by atoms with Gasteiger partial charge in [-0.3, -0.25) is 47.9 Å². The van der Waals surface area contributed by atoms with E-state index in [4.69, 9.17) is 4.74 Å². The maximum absolute atomic E-state index is 13.0. The maximum atomic E-state index is 13.0. The summed E-state index contributed by atoms with van der Waals surface area (Å²) in [5.74, 6) is -4.76. The van der Waals surface area contributed by atoms with E-state index < -0.39 is 41.5 Å². The molecule has 11 heteroatoms. The van der Waals surface area contributed by atoms with Gasteiger partial charge >= 0.3 is 5.97 Å². The fourth-order valence-corrected chi connectivity index (χ4v) is 13.2. The summed E-state index contributed by atoms with van der Waals surface area (Å²) in [6.07, 6.45) is 7.44. The second-order valence-corrected chi connectivity index (χ2v) is 25.6. The Bertz CT molecular complexity index is 3560. The number of rotatable bonds is 16. The lowest BCUT2D eigenvalue weighted by Crippen LogP contribution is -2.45. The number of ether oxygens (including phenoxy) is 1. The predicted octanol–water partition coefficient (Wildman–Crippen LogP) is 14.8. The third-order valence-electron chi connectivity index (χ3n) is 18.3. The van der Waals surface area contributed by atoms with Gasteiger partial charge in [0, 0.05) is 68.8 Å². The van der Waals surface area contributed by atoms with Crippen LogP contribution in [0.2, 0.25) is 0 Å². The number of methoxy groups -OCH3 is 1. The zero-order valence-corrected chi connectivity index (χ0v) is 53.0. The van der Waals surface area contributed by atoms with E-state index in [0.717, 1.165) is 39.8 Å². The number of Topliss-reactive ketones (excluding diaryl/α,β-unsaturated/α-hetero) is 9. The zero-order chi connectivity index (χ0) is 65.0. The number of hydrogen-bond donors (Lipinski definition) is 0. The molecule has 4 aliphatic rings. The van der Waals surface area contributed by atoms with Crippen LogP contribution in [0.15, 0.2) is 206 Å². The van der Waals surface area contributed by atoms with Crippen molar-refractivity contribution in [3.63, 3.8) is 0 Å². The summed E-state index contributed by atoms with van der Waals surface area (Å²) < 4.78 is 4.87. The molecule has 4 atom stereocenters. The van der Waals surface area contributed by atoms with E-state index in [1.165, 1.54) is 25.5 Å². The highest BCUT2D eigenvalue weighted by molar-refractivity contribution is 6.14. The Morgan fingerprint density at radius 3 is 1.37 bits per heavy atom. The Morgan fingerprint density at radius 2 is 0.890 bits per heavy atom. The number of ketones is 9. The third-order valence-corrected chi connectivity index (χ3v) is 18.3. The van der Waals surface area contributed by atoms with Gasteiger partial charge in [0.1, 0.15) is 46.4 Å². The largest absolute Gasteiger partial charge is 0.468 e. The van der Waals surface area contributed by atoms with Crippen LogP contribution < -0.4 is 0 Å². The molecule has 0 amide bonds. The number of hydrogen-bond acceptors (Lipinski definition) is 11. The summed E-state index contributed by atoms with van der Waals surface area (Å²) in [6.45, 7) is 7.81. The molecular formula is C80H84O11. The minimum absolute atomic E-state index is 0.0371. The van der Waals surface area contributed by atoms with Crippen molar-refractivity contribution in [1.29, 1.82) is 0 Å². The van der Waals surface area contributed by atoms with Crippen molar-refractivity contribution in [2.45, 2.75) is 135 Å². The molecule has 11 nitrogen and oxygen atoms in total. The number of carbonyl (C=O) groups excluding carboxylic acids is 10. The average molecular weight is 1220 g/mol. The minimum Gasteiger partial charge on any atom is -0.468 e. The van der Waals surface area contributed by atoms with Crippen LogP contribution in [0.3, 0.4) is 0 Å². The average Bonchev–Trinajstić information content (AvgIpc) is 1.06. The van der Waals surface area contributed by atoms with E-state index in [1.807, 2.05) is 184 Å². The monoisotopic (exact) mass is 1220 g/mol. The zero-order valence-electron chi connectivity index (χ0n) is 53.0. The molecule has 11 rings (SSSR count). The quantitative estimate of drug-likeness (QED) is 0.0510. The van der Waals surface area contributed by atoms with Crippen LogP contribution in [0.4, 0.5) is 0 Å². The predicted molar refractivity (Wildman–Crippen MR) is 352 cm³/mol. The van der Waals surface area contributed by atoms with Gasteiger partial charge in [-0.1, -0.05) is 233 Å². The Kier molecular flexibility index (Phi) is 24.4. The normalized spacial score (nSPS) is 21.8. The van der Waals surface area contributed by atoms with Gasteiger partial charge in [-0.25, -0.2) is 0 Å². The Labute approximate surface area is 535 Å². The summed E-state index contributed by atoms with van der Waals surface area (Å²) in [6, 6.07) is 65.3. The van der Waals surface area contributed by atoms with E-state index in [9.17, 15) is 47.9 Å². The smallest absolute Gasteiger partial charge is 0.316 e. The Morgan fingerprint density at radius 1 is 0.473 bits per heavy atom. The molecule has 470 valence electrons. The molecule has 0 N–H and O–H groups in total. The van der Waals surface area contributed by atoms with E-state index in [-0.39, 0.29) is 88.1 Å². The summed E-state index contributed by atoms with van der Waals surface area (Å²) >= 11 is 0. The van der Waals surface area contributed by atoms with Crippen molar-refractivity contribution < 1.29 is 52.7 Å². The molecule has 4 fully saturated rings. The first-order valence-corrected chi connectivity index (χ1v) is 32.0. The number of benzene rings is 7. The van der Waals surface area contributed by atoms with Gasteiger partial charge < -0.3 is 4.74 Å². The van der Waals surface area contributed by atoms with E-state index in [0.29, 0.717) is 56.9 Å². The first-order chi connectivity index (χ1) is 43.8. The third kappa shape index (κ3) is 18.6. The molecular weight excluding hydrogens is 1140 g/mol. The van der Waals surface area contributed by atoms with Gasteiger partial charge in [0.25, 0.3) is 0 Å². The molecule has 7 aromatic rings. The van der Waals surface area contributed by atoms with Crippen molar-refractivity contribution in [2.24, 2.45) is 35.0 Å². The summed E-state index contributed by atoms with van der Waals surface area (Å²) in [5, 5.41) is 0. The number of unbranched alkanes of at least 4 members (excludes halogenated alkanes) is 1. The van der Waals surface area contributed by atoms with Crippen molar-refractivity contribution >= 4 is 58.0 Å². The molecule has 4 unspecified atom stereocenters. The standard InChI is InChI=1S/C23H24O3.C23H26O2.C21H20O4.C13H14O2/c1-23(2)14-20(25)22(21(26)15-23)18(16-9-5-3-6-10-16)13-19(24)17-11-7-4-8-12-17;1-2-3-7-17-10-12-19(13-11-17)20-15-22(24)21(23(25)16-20)14-18-8-5-4-6-9-18;1-25-21(24)19-16(15-10-6-3-7-11-15)13-18(22)17(20(19)23)12-14-8-4-2-5-9-14;1-9-12(14)7-11(8-13(9)15)10-5-3-2-4-6-10/h3-12,18,22H,13-15H2,1-2H3;4-6,8-13,20-21H,2-3,7,14-16H2,1H3;2-11,16-17,19H,12-13H2,1H3;2-6,9,11H,7-8H2,1H3. The van der Waals surface area contributed by atoms with Crippen LogP contribution in [0.1, 0.15) is 165 Å². The summed E-state index contributed by atoms with van der Waals surface area (Å²) in [5.41, 5.74) is 7.55. The van der Waals surface area contributed by atoms with E-state index in [1.54, 1.807) is 19.1 Å². The van der Waals surface area contributed by atoms with Crippen LogP contribution in [0.25, 0.3) is 0 Å². The molecule has 7 aromatic carbocycles. The van der Waals surface area contributed by atoms with Gasteiger partial charge in [0.15, 0.2) is 11.6 Å². The van der Waals surface area contributed by atoms with Crippen molar-refractivity contribution in [1.82, 2.24) is 0 Å². The number of aryl methyl sites for hydroxylation is 1. The molecule has 0 radical (unpaired) electrons. The molecule has 0 heterocycles. The molecule has 0 aromatic heterocycles. The SMILES string of the molecule is CC1(C)CC(=O)C(C(CC(=O)c2ccccc2)c2ccccc2)C(=O)C1.CC1C(=O)CC(c2ccccc2)CC1=O.CCCCc1ccc(C2CC(=O)C(Cc3ccccc3)C(=O)C2)cc1.COC(=O)C1C(=O)C(Cc2ccccc2)C(=O)CC1c1ccccc1. The van der Waals surface area contributed by atoms with Crippen LogP contribution >= 0.6 is 0 Å². The van der Waals surface area contributed by atoms with Gasteiger partial charge in [-0.05, 0) is 88.8 Å². The van der Waals surface area contributed by atoms with Crippen molar-refractivity contribution in [3.8, 4) is 0 Å². The fraction of sp³-hybridized carbons (Fsp3) is 0.350. The summed E-state index contributed by atoms with van der Waals surface area (Å²) in [7, 11) is 1.28. The second-order valence-electron chi connectivity index (χ2n) is 25.6. The highest BCUT2D eigenvalue weighted by Gasteiger charge is 2.48. The first-order valence-electron chi connectivity index (χ1n) is 32.0. The molecule has 0 saturated heterocycles. The molecule has 0 bridgehead atoms. The second kappa shape index (κ2) is 32.7. The van der Waals surface area contributed by atoms with Crippen LogP contribution in [-0.4, -0.2) is 65.1 Å². The molecule has 0 aliphatic heterocycles. The number of carbonyl (C=O) groups is 10. The highest BCUT2D eigenvalue weighted by atomic mass is 16.5. The molecule has 0 spiro atoms. The Hall–Kier alpha value is -8.96. The lowest BCUT2D eigenvalue weighted by molar-refractivity contribution is -0.155. The molecule has 4 saturated carbocycles. The highest BCUT2D eigenvalue weighted by Crippen LogP contribution is 2.43. The fourth-order valence-electron chi connectivity index (χ4n) is 13.2. The lowest BCUT2D eigenvalue weighted by atomic mass is 9.65. The van der Waals surface area contributed by atoms with Crippen LogP contribution in [-0.2, 0) is 67.2 Å². The Balaban J connectivity index is 0.000000159. The van der Waals surface area contributed by atoms with Crippen LogP contribution in [0, 0.1) is 35.0 Å².